The number of carbonyl (C=O) groups is 1. The van der Waals surface area contributed by atoms with Gasteiger partial charge in [-0.25, -0.2) is 8.42 Å². The van der Waals surface area contributed by atoms with Gasteiger partial charge in [-0.05, 0) is 31.0 Å². The zero-order chi connectivity index (χ0) is 14.3. The second kappa shape index (κ2) is 5.02. The topological polar surface area (TPSA) is 75.3 Å². The first-order chi connectivity index (χ1) is 9.44. The smallest absolute Gasteiger partial charge is 0.246 e. The van der Waals surface area contributed by atoms with E-state index in [0.717, 1.165) is 11.3 Å². The molecular formula is C13H15ClN2O3S. The van der Waals surface area contributed by atoms with Crippen LogP contribution in [0.5, 0.6) is 0 Å². The van der Waals surface area contributed by atoms with Gasteiger partial charge in [0.25, 0.3) is 0 Å². The number of carbonyl (C=O) groups excluding carboxylic acids is 1. The van der Waals surface area contributed by atoms with Gasteiger partial charge in [-0.15, -0.1) is 0 Å². The number of rotatable bonds is 2. The molecule has 2 heterocycles. The monoisotopic (exact) mass is 314 g/mol. The minimum atomic E-state index is -2.89. The highest BCUT2D eigenvalue weighted by molar-refractivity contribution is 7.91. The van der Waals surface area contributed by atoms with E-state index in [0.29, 0.717) is 17.9 Å². The van der Waals surface area contributed by atoms with Crippen LogP contribution in [0.1, 0.15) is 24.4 Å². The molecule has 7 heteroatoms. The van der Waals surface area contributed by atoms with E-state index in [-0.39, 0.29) is 23.5 Å². The maximum Gasteiger partial charge on any atom is 0.246 e. The zero-order valence-electron chi connectivity index (χ0n) is 10.7. The Morgan fingerprint density at radius 2 is 1.95 bits per heavy atom. The summed E-state index contributed by atoms with van der Waals surface area (Å²) in [5.41, 5.74) is 1.59. The maximum absolute atomic E-state index is 12.0. The Labute approximate surface area is 122 Å². The van der Waals surface area contributed by atoms with Gasteiger partial charge >= 0.3 is 0 Å². The van der Waals surface area contributed by atoms with Crippen molar-refractivity contribution in [2.75, 3.05) is 16.8 Å². The van der Waals surface area contributed by atoms with Crippen LogP contribution in [0.2, 0.25) is 5.02 Å². The number of hydrogen-bond donors (Lipinski definition) is 2. The SMILES string of the molecule is O=C1Nc2ccc(Cl)cc2C1NC1CCS(=O)(=O)CC1. The van der Waals surface area contributed by atoms with Gasteiger partial charge < -0.3 is 5.32 Å². The van der Waals surface area contributed by atoms with Crippen LogP contribution in [-0.2, 0) is 14.6 Å². The van der Waals surface area contributed by atoms with Crippen molar-refractivity contribution in [1.82, 2.24) is 5.32 Å². The fourth-order valence-electron chi connectivity index (χ4n) is 2.69. The standard InChI is InChI=1S/C13H15ClN2O3S/c14-8-1-2-11-10(7-8)12(13(17)16-11)15-9-3-5-20(18,19)6-4-9/h1-2,7,9,12,15H,3-6H2,(H,16,17). The molecule has 2 aliphatic heterocycles. The van der Waals surface area contributed by atoms with Crippen molar-refractivity contribution in [3.8, 4) is 0 Å². The molecule has 0 bridgehead atoms. The molecule has 0 saturated carbocycles. The van der Waals surface area contributed by atoms with Crippen LogP contribution >= 0.6 is 11.6 Å². The van der Waals surface area contributed by atoms with Gasteiger partial charge in [0, 0.05) is 22.3 Å². The van der Waals surface area contributed by atoms with E-state index in [1.165, 1.54) is 0 Å². The van der Waals surface area contributed by atoms with Crippen molar-refractivity contribution in [1.29, 1.82) is 0 Å². The molecule has 1 atom stereocenters. The summed E-state index contributed by atoms with van der Waals surface area (Å²) in [5.74, 6) is 0.249. The van der Waals surface area contributed by atoms with E-state index in [1.807, 2.05) is 0 Å². The molecule has 20 heavy (non-hydrogen) atoms. The molecule has 0 radical (unpaired) electrons. The van der Waals surface area contributed by atoms with Crippen molar-refractivity contribution in [3.63, 3.8) is 0 Å². The number of hydrogen-bond acceptors (Lipinski definition) is 4. The highest BCUT2D eigenvalue weighted by Crippen LogP contribution is 2.33. The Balaban J connectivity index is 1.76. The second-order valence-electron chi connectivity index (χ2n) is 5.25. The van der Waals surface area contributed by atoms with Gasteiger partial charge in [0.1, 0.15) is 15.9 Å². The lowest BCUT2D eigenvalue weighted by atomic mass is 10.1. The minimum Gasteiger partial charge on any atom is -0.324 e. The summed E-state index contributed by atoms with van der Waals surface area (Å²) in [6.07, 6.45) is 1.09. The van der Waals surface area contributed by atoms with E-state index in [9.17, 15) is 13.2 Å². The van der Waals surface area contributed by atoms with E-state index in [4.69, 9.17) is 11.6 Å². The molecular weight excluding hydrogens is 300 g/mol. The van der Waals surface area contributed by atoms with Crippen molar-refractivity contribution in [2.24, 2.45) is 0 Å². The van der Waals surface area contributed by atoms with Crippen molar-refractivity contribution < 1.29 is 13.2 Å². The van der Waals surface area contributed by atoms with Crippen LogP contribution < -0.4 is 10.6 Å². The number of amides is 1. The Morgan fingerprint density at radius 1 is 1.25 bits per heavy atom. The van der Waals surface area contributed by atoms with Crippen LogP contribution in [0.15, 0.2) is 18.2 Å². The van der Waals surface area contributed by atoms with Gasteiger partial charge in [-0.3, -0.25) is 10.1 Å². The van der Waals surface area contributed by atoms with Crippen LogP contribution in [-0.4, -0.2) is 31.9 Å². The summed E-state index contributed by atoms with van der Waals surface area (Å²) in [4.78, 5) is 12.0. The first-order valence-electron chi connectivity index (χ1n) is 6.51. The largest absolute Gasteiger partial charge is 0.324 e. The fraction of sp³-hybridized carbons (Fsp3) is 0.462. The summed E-state index contributed by atoms with van der Waals surface area (Å²) in [6, 6.07) is 4.87. The van der Waals surface area contributed by atoms with Crippen LogP contribution in [0.3, 0.4) is 0 Å². The van der Waals surface area contributed by atoms with Gasteiger partial charge in [0.2, 0.25) is 5.91 Å². The summed E-state index contributed by atoms with van der Waals surface area (Å²) in [5, 5.41) is 6.64. The zero-order valence-corrected chi connectivity index (χ0v) is 12.3. The number of anilines is 1. The molecule has 0 aromatic heterocycles. The normalized spacial score (nSPS) is 25.2. The van der Waals surface area contributed by atoms with Gasteiger partial charge in [-0.2, -0.15) is 0 Å². The molecule has 0 spiro atoms. The number of benzene rings is 1. The molecule has 0 aliphatic carbocycles. The number of halogens is 1. The third-order valence-corrected chi connectivity index (χ3v) is 5.75. The lowest BCUT2D eigenvalue weighted by molar-refractivity contribution is -0.117. The molecule has 1 fully saturated rings. The highest BCUT2D eigenvalue weighted by Gasteiger charge is 2.34. The third-order valence-electron chi connectivity index (χ3n) is 3.80. The van der Waals surface area contributed by atoms with Crippen molar-refractivity contribution in [2.45, 2.75) is 24.9 Å². The Bertz CT molecular complexity index is 646. The predicted molar refractivity (Wildman–Crippen MR) is 77.6 cm³/mol. The third kappa shape index (κ3) is 2.68. The lowest BCUT2D eigenvalue weighted by Gasteiger charge is -2.25. The summed E-state index contributed by atoms with van der Waals surface area (Å²) < 4.78 is 22.8. The molecule has 2 aliphatic rings. The molecule has 1 amide bonds. The average Bonchev–Trinajstić information content (AvgIpc) is 2.68. The van der Waals surface area contributed by atoms with Crippen LogP contribution in [0.25, 0.3) is 0 Å². The van der Waals surface area contributed by atoms with E-state index in [1.54, 1.807) is 18.2 Å². The summed E-state index contributed by atoms with van der Waals surface area (Å²) >= 11 is 5.97. The molecule has 1 aromatic rings. The molecule has 5 nitrogen and oxygen atoms in total. The first kappa shape index (κ1) is 13.9. The first-order valence-corrected chi connectivity index (χ1v) is 8.71. The minimum absolute atomic E-state index is 0.0409. The number of sulfone groups is 1. The van der Waals surface area contributed by atoms with Crippen LogP contribution in [0.4, 0.5) is 5.69 Å². The van der Waals surface area contributed by atoms with E-state index >= 15 is 0 Å². The lowest BCUT2D eigenvalue weighted by Crippen LogP contribution is -2.41. The maximum atomic E-state index is 12.0. The fourth-order valence-corrected chi connectivity index (χ4v) is 4.36. The number of fused-ring (bicyclic) bond motifs is 1. The summed E-state index contributed by atoms with van der Waals surface area (Å²) in [7, 11) is -2.89. The molecule has 1 unspecified atom stereocenters. The molecule has 108 valence electrons. The molecule has 2 N–H and O–H groups in total. The average molecular weight is 315 g/mol. The Morgan fingerprint density at radius 3 is 2.65 bits per heavy atom. The molecule has 3 rings (SSSR count). The predicted octanol–water partition coefficient (Wildman–Crippen LogP) is 1.50. The summed E-state index contributed by atoms with van der Waals surface area (Å²) in [6.45, 7) is 0. The molecule has 1 saturated heterocycles. The van der Waals surface area contributed by atoms with Gasteiger partial charge in [-0.1, -0.05) is 11.6 Å². The highest BCUT2D eigenvalue weighted by atomic mass is 35.5. The Kier molecular flexibility index (Phi) is 3.48. The quantitative estimate of drug-likeness (QED) is 0.867. The number of nitrogens with one attached hydrogen (secondary N) is 2. The Hall–Kier alpha value is -1.11. The van der Waals surface area contributed by atoms with Crippen molar-refractivity contribution in [3.05, 3.63) is 28.8 Å². The molecule has 1 aromatic carbocycles. The van der Waals surface area contributed by atoms with E-state index in [2.05, 4.69) is 10.6 Å². The van der Waals surface area contributed by atoms with Gasteiger partial charge in [0.15, 0.2) is 0 Å². The second-order valence-corrected chi connectivity index (χ2v) is 7.99. The van der Waals surface area contributed by atoms with Gasteiger partial charge in [0.05, 0.1) is 11.5 Å². The van der Waals surface area contributed by atoms with Crippen molar-refractivity contribution >= 4 is 33.0 Å². The van der Waals surface area contributed by atoms with E-state index < -0.39 is 15.9 Å². The van der Waals surface area contributed by atoms with Crippen LogP contribution in [0, 0.1) is 0 Å².